The van der Waals surface area contributed by atoms with Crippen molar-refractivity contribution in [3.63, 3.8) is 0 Å². The molecule has 4 rings (SSSR count). The van der Waals surface area contributed by atoms with Crippen molar-refractivity contribution in [2.24, 2.45) is 12.8 Å². The van der Waals surface area contributed by atoms with E-state index in [4.69, 9.17) is 5.73 Å². The van der Waals surface area contributed by atoms with Gasteiger partial charge in [0.15, 0.2) is 0 Å². The zero-order valence-electron chi connectivity index (χ0n) is 12.3. The lowest BCUT2D eigenvalue weighted by molar-refractivity contribution is 0.100. The SMILES string of the molecule is Cn1cc(-c2ccn3c(-c4ccc(C(N)=O)s4)cnc3c2)cn1. The smallest absolute Gasteiger partial charge is 0.258 e. The fraction of sp³-hybridized carbons (Fsp3) is 0.0625. The van der Waals surface area contributed by atoms with Crippen molar-refractivity contribution in [3.05, 3.63) is 53.9 Å². The van der Waals surface area contributed by atoms with E-state index in [1.807, 2.05) is 48.2 Å². The number of nitrogens with two attached hydrogens (primary N) is 1. The molecule has 7 heteroatoms. The number of hydrogen-bond donors (Lipinski definition) is 1. The van der Waals surface area contributed by atoms with Crippen molar-refractivity contribution in [2.45, 2.75) is 0 Å². The third-order valence-corrected chi connectivity index (χ3v) is 4.78. The Morgan fingerprint density at radius 1 is 1.22 bits per heavy atom. The monoisotopic (exact) mass is 323 g/mol. The van der Waals surface area contributed by atoms with E-state index >= 15 is 0 Å². The summed E-state index contributed by atoms with van der Waals surface area (Å²) in [6.07, 6.45) is 7.57. The first-order valence-electron chi connectivity index (χ1n) is 6.98. The highest BCUT2D eigenvalue weighted by Gasteiger charge is 2.12. The van der Waals surface area contributed by atoms with Gasteiger partial charge in [0.25, 0.3) is 5.91 Å². The molecular formula is C16H13N5OS. The highest BCUT2D eigenvalue weighted by Crippen LogP contribution is 2.29. The fourth-order valence-corrected chi connectivity index (χ4v) is 3.39. The van der Waals surface area contributed by atoms with Gasteiger partial charge >= 0.3 is 0 Å². The summed E-state index contributed by atoms with van der Waals surface area (Å²) in [7, 11) is 1.89. The lowest BCUT2D eigenvalue weighted by Crippen LogP contribution is -2.07. The Bertz CT molecular complexity index is 1030. The molecule has 0 aliphatic carbocycles. The predicted molar refractivity (Wildman–Crippen MR) is 89.2 cm³/mol. The maximum atomic E-state index is 11.3. The van der Waals surface area contributed by atoms with Crippen LogP contribution in [0.5, 0.6) is 0 Å². The summed E-state index contributed by atoms with van der Waals surface area (Å²) in [4.78, 5) is 17.2. The molecule has 4 aromatic heterocycles. The summed E-state index contributed by atoms with van der Waals surface area (Å²) in [5, 5.41) is 4.19. The molecule has 0 spiro atoms. The second-order valence-corrected chi connectivity index (χ2v) is 6.30. The standard InChI is InChI=1S/C16H13N5OS/c1-20-9-11(7-19-20)10-4-5-21-12(8-18-15(21)6-10)13-2-3-14(23-13)16(17)22/h2-9H,1H3,(H2,17,22). The summed E-state index contributed by atoms with van der Waals surface area (Å²) < 4.78 is 3.77. The second kappa shape index (κ2) is 5.06. The third-order valence-electron chi connectivity index (χ3n) is 3.65. The van der Waals surface area contributed by atoms with Crippen LogP contribution in [0.15, 0.2) is 49.1 Å². The third kappa shape index (κ3) is 2.31. The fourth-order valence-electron chi connectivity index (χ4n) is 2.52. The van der Waals surface area contributed by atoms with E-state index in [0.717, 1.165) is 27.3 Å². The van der Waals surface area contributed by atoms with Crippen LogP contribution in [0, 0.1) is 0 Å². The van der Waals surface area contributed by atoms with Gasteiger partial charge in [0, 0.05) is 25.0 Å². The maximum Gasteiger partial charge on any atom is 0.258 e. The molecule has 0 aliphatic rings. The van der Waals surface area contributed by atoms with E-state index in [1.165, 1.54) is 11.3 Å². The minimum absolute atomic E-state index is 0.408. The Balaban J connectivity index is 1.79. The zero-order chi connectivity index (χ0) is 16.0. The van der Waals surface area contributed by atoms with Gasteiger partial charge in [0.2, 0.25) is 0 Å². The molecule has 0 unspecified atom stereocenters. The molecule has 2 N–H and O–H groups in total. The van der Waals surface area contributed by atoms with Gasteiger partial charge in [-0.2, -0.15) is 5.10 Å². The molecule has 0 radical (unpaired) electrons. The van der Waals surface area contributed by atoms with E-state index in [2.05, 4.69) is 10.1 Å². The number of rotatable bonds is 3. The maximum absolute atomic E-state index is 11.3. The summed E-state index contributed by atoms with van der Waals surface area (Å²) >= 11 is 1.37. The minimum atomic E-state index is -0.408. The first-order valence-corrected chi connectivity index (χ1v) is 7.79. The van der Waals surface area contributed by atoms with Crippen molar-refractivity contribution >= 4 is 22.9 Å². The van der Waals surface area contributed by atoms with E-state index in [0.29, 0.717) is 4.88 Å². The Kier molecular flexibility index (Phi) is 3.02. The zero-order valence-corrected chi connectivity index (χ0v) is 13.1. The van der Waals surface area contributed by atoms with Gasteiger partial charge in [-0.25, -0.2) is 4.98 Å². The van der Waals surface area contributed by atoms with Crippen molar-refractivity contribution < 1.29 is 4.79 Å². The van der Waals surface area contributed by atoms with Crippen molar-refractivity contribution in [1.29, 1.82) is 0 Å². The minimum Gasteiger partial charge on any atom is -0.365 e. The number of hydrogen-bond acceptors (Lipinski definition) is 4. The lowest BCUT2D eigenvalue weighted by atomic mass is 10.1. The first kappa shape index (κ1) is 13.7. The number of carbonyl (C=O) groups excluding carboxylic acids is 1. The van der Waals surface area contributed by atoms with Crippen LogP contribution in [0.2, 0.25) is 0 Å². The molecule has 4 heterocycles. The van der Waals surface area contributed by atoms with Gasteiger partial charge in [-0.05, 0) is 29.8 Å². The molecule has 0 atom stereocenters. The molecule has 0 fully saturated rings. The van der Waals surface area contributed by atoms with Crippen LogP contribution in [0.4, 0.5) is 0 Å². The number of pyridine rings is 1. The van der Waals surface area contributed by atoms with Gasteiger partial charge in [-0.15, -0.1) is 11.3 Å². The number of thiophene rings is 1. The van der Waals surface area contributed by atoms with Crippen LogP contribution in [0.25, 0.3) is 27.3 Å². The van der Waals surface area contributed by atoms with Crippen molar-refractivity contribution in [2.75, 3.05) is 0 Å². The molecule has 114 valence electrons. The molecule has 6 nitrogen and oxygen atoms in total. The van der Waals surface area contributed by atoms with Crippen LogP contribution in [-0.2, 0) is 7.05 Å². The molecular weight excluding hydrogens is 310 g/mol. The van der Waals surface area contributed by atoms with E-state index in [-0.39, 0.29) is 0 Å². The Labute approximate surface area is 135 Å². The van der Waals surface area contributed by atoms with Gasteiger partial charge < -0.3 is 5.73 Å². The van der Waals surface area contributed by atoms with Gasteiger partial charge in [0.05, 0.1) is 27.8 Å². The average Bonchev–Trinajstić information content (AvgIpc) is 3.24. The number of nitrogens with zero attached hydrogens (tertiary/aromatic N) is 4. The first-order chi connectivity index (χ1) is 11.1. The van der Waals surface area contributed by atoms with Crippen LogP contribution < -0.4 is 5.73 Å². The van der Waals surface area contributed by atoms with Crippen LogP contribution in [0.3, 0.4) is 0 Å². The molecule has 0 aromatic carbocycles. The molecule has 23 heavy (non-hydrogen) atoms. The Morgan fingerprint density at radius 3 is 2.78 bits per heavy atom. The molecule has 1 amide bonds. The Hall–Kier alpha value is -2.93. The van der Waals surface area contributed by atoms with Crippen LogP contribution >= 0.6 is 11.3 Å². The quantitative estimate of drug-likeness (QED) is 0.629. The lowest BCUT2D eigenvalue weighted by Gasteiger charge is -2.01. The van der Waals surface area contributed by atoms with E-state index in [1.54, 1.807) is 16.9 Å². The highest BCUT2D eigenvalue weighted by atomic mass is 32.1. The van der Waals surface area contributed by atoms with Gasteiger partial charge in [-0.1, -0.05) is 0 Å². The van der Waals surface area contributed by atoms with Crippen molar-refractivity contribution in [3.8, 4) is 21.7 Å². The Morgan fingerprint density at radius 2 is 2.09 bits per heavy atom. The largest absolute Gasteiger partial charge is 0.365 e. The summed E-state index contributed by atoms with van der Waals surface area (Å²) in [5.41, 5.74) is 9.21. The highest BCUT2D eigenvalue weighted by molar-refractivity contribution is 7.17. The number of imidazole rings is 1. The number of amides is 1. The number of primary amides is 1. The van der Waals surface area contributed by atoms with E-state index in [9.17, 15) is 4.79 Å². The molecule has 0 aliphatic heterocycles. The van der Waals surface area contributed by atoms with E-state index < -0.39 is 5.91 Å². The number of aryl methyl sites for hydroxylation is 1. The van der Waals surface area contributed by atoms with Crippen LogP contribution in [0.1, 0.15) is 9.67 Å². The summed E-state index contributed by atoms with van der Waals surface area (Å²) in [5.74, 6) is -0.408. The van der Waals surface area contributed by atoms with Crippen LogP contribution in [-0.4, -0.2) is 25.1 Å². The van der Waals surface area contributed by atoms with Crippen molar-refractivity contribution in [1.82, 2.24) is 19.2 Å². The summed E-state index contributed by atoms with van der Waals surface area (Å²) in [6, 6.07) is 7.68. The average molecular weight is 323 g/mol. The normalized spacial score (nSPS) is 11.2. The molecule has 0 bridgehead atoms. The topological polar surface area (TPSA) is 78.2 Å². The number of fused-ring (bicyclic) bond motifs is 1. The second-order valence-electron chi connectivity index (χ2n) is 5.22. The van der Waals surface area contributed by atoms with Gasteiger partial charge in [-0.3, -0.25) is 13.9 Å². The molecule has 4 aromatic rings. The predicted octanol–water partition coefficient (Wildman–Crippen LogP) is 2.56. The molecule has 0 saturated carbocycles. The van der Waals surface area contributed by atoms with Gasteiger partial charge in [0.1, 0.15) is 5.65 Å². The molecule has 0 saturated heterocycles. The summed E-state index contributed by atoms with van der Waals surface area (Å²) in [6.45, 7) is 0. The number of aromatic nitrogens is 4. The number of carbonyl (C=O) groups is 1.